The van der Waals surface area contributed by atoms with Crippen LogP contribution in [0.2, 0.25) is 0 Å². The highest BCUT2D eigenvalue weighted by atomic mass is 32.2. The van der Waals surface area contributed by atoms with Crippen LogP contribution in [0, 0.1) is 0 Å². The van der Waals surface area contributed by atoms with Gasteiger partial charge >= 0.3 is 0 Å². The van der Waals surface area contributed by atoms with Crippen molar-refractivity contribution in [3.05, 3.63) is 22.6 Å². The van der Waals surface area contributed by atoms with Crippen molar-refractivity contribution in [2.75, 3.05) is 38.2 Å². The summed E-state index contributed by atoms with van der Waals surface area (Å²) in [6.45, 7) is 8.12. The summed E-state index contributed by atoms with van der Waals surface area (Å²) in [5, 5.41) is 0. The van der Waals surface area contributed by atoms with Crippen molar-refractivity contribution in [3.63, 3.8) is 0 Å². The van der Waals surface area contributed by atoms with Crippen LogP contribution in [0.15, 0.2) is 17.0 Å². The van der Waals surface area contributed by atoms with Gasteiger partial charge in [-0.3, -0.25) is 9.10 Å². The van der Waals surface area contributed by atoms with E-state index in [0.717, 1.165) is 0 Å². The standard InChI is InChI=1S/C18H26N2O5S/c1-7-19(8-2)18(21)17-12(4)13-10-15(24-5)16(25-6)11-14(13)20(9-3)26(17,22)23/h10-11H,7-9H2,1-6H3. The molecule has 0 bridgehead atoms. The van der Waals surface area contributed by atoms with Gasteiger partial charge in [0.25, 0.3) is 15.9 Å². The predicted molar refractivity (Wildman–Crippen MR) is 102 cm³/mol. The minimum atomic E-state index is -3.96. The number of ether oxygens (including phenoxy) is 2. The lowest BCUT2D eigenvalue weighted by molar-refractivity contribution is -0.126. The van der Waals surface area contributed by atoms with E-state index in [4.69, 9.17) is 9.47 Å². The van der Waals surface area contributed by atoms with E-state index in [1.165, 1.54) is 23.4 Å². The van der Waals surface area contributed by atoms with Gasteiger partial charge in [0.05, 0.1) is 19.9 Å². The molecule has 7 nitrogen and oxygen atoms in total. The van der Waals surface area contributed by atoms with E-state index in [-0.39, 0.29) is 11.4 Å². The van der Waals surface area contributed by atoms with E-state index >= 15 is 0 Å². The molecule has 0 saturated heterocycles. The number of allylic oxidation sites excluding steroid dienone is 1. The molecule has 0 unspecified atom stereocenters. The molecule has 0 fully saturated rings. The Hall–Kier alpha value is -2.22. The molecule has 1 aliphatic heterocycles. The lowest BCUT2D eigenvalue weighted by atomic mass is 10.0. The molecular weight excluding hydrogens is 356 g/mol. The molecule has 1 aliphatic rings. The van der Waals surface area contributed by atoms with E-state index in [2.05, 4.69) is 0 Å². The number of amides is 1. The number of rotatable bonds is 6. The topological polar surface area (TPSA) is 76.2 Å². The quantitative estimate of drug-likeness (QED) is 0.755. The van der Waals surface area contributed by atoms with Crippen LogP contribution < -0.4 is 13.8 Å². The number of benzene rings is 1. The third-order valence-corrected chi connectivity index (χ3v) is 6.63. The van der Waals surface area contributed by atoms with E-state index in [1.54, 1.807) is 26.0 Å². The summed E-state index contributed by atoms with van der Waals surface area (Å²) in [7, 11) is -0.948. The number of carbonyl (C=O) groups is 1. The molecule has 26 heavy (non-hydrogen) atoms. The van der Waals surface area contributed by atoms with Gasteiger partial charge in [-0.2, -0.15) is 0 Å². The Balaban J connectivity index is 2.83. The molecule has 0 atom stereocenters. The molecule has 1 heterocycles. The fourth-order valence-electron chi connectivity index (χ4n) is 3.20. The van der Waals surface area contributed by atoms with Gasteiger partial charge in [-0.25, -0.2) is 8.42 Å². The fourth-order valence-corrected chi connectivity index (χ4v) is 5.01. The number of hydrogen-bond acceptors (Lipinski definition) is 5. The van der Waals surface area contributed by atoms with Crippen LogP contribution in [-0.2, 0) is 14.8 Å². The summed E-state index contributed by atoms with van der Waals surface area (Å²) in [6.07, 6.45) is 0. The average Bonchev–Trinajstić information content (AvgIpc) is 2.61. The Morgan fingerprint density at radius 2 is 1.62 bits per heavy atom. The van der Waals surface area contributed by atoms with Crippen LogP contribution in [0.25, 0.3) is 5.57 Å². The number of carbonyl (C=O) groups excluding carboxylic acids is 1. The van der Waals surface area contributed by atoms with Crippen molar-refractivity contribution in [3.8, 4) is 11.5 Å². The van der Waals surface area contributed by atoms with Crippen LogP contribution in [0.3, 0.4) is 0 Å². The third-order valence-electron chi connectivity index (χ3n) is 4.60. The van der Waals surface area contributed by atoms with E-state index in [9.17, 15) is 13.2 Å². The van der Waals surface area contributed by atoms with Gasteiger partial charge in [-0.05, 0) is 39.3 Å². The molecule has 0 radical (unpaired) electrons. The normalized spacial score (nSPS) is 15.5. The summed E-state index contributed by atoms with van der Waals surface area (Å²) in [5.41, 5.74) is 1.55. The molecular formula is C18H26N2O5S. The minimum absolute atomic E-state index is 0.178. The van der Waals surface area contributed by atoms with Gasteiger partial charge in [0.2, 0.25) is 0 Å². The number of methoxy groups -OCH3 is 2. The molecule has 8 heteroatoms. The Kier molecular flexibility index (Phi) is 5.85. The van der Waals surface area contributed by atoms with Gasteiger partial charge < -0.3 is 14.4 Å². The van der Waals surface area contributed by atoms with Crippen LogP contribution >= 0.6 is 0 Å². The van der Waals surface area contributed by atoms with Crippen LogP contribution in [-0.4, -0.2) is 53.1 Å². The number of hydrogen-bond donors (Lipinski definition) is 0. The molecule has 0 N–H and O–H groups in total. The van der Waals surface area contributed by atoms with Gasteiger partial charge in [0.15, 0.2) is 16.4 Å². The number of nitrogens with zero attached hydrogens (tertiary/aromatic N) is 2. The second kappa shape index (κ2) is 7.57. The van der Waals surface area contributed by atoms with E-state index in [1.807, 2.05) is 13.8 Å². The molecule has 1 amide bonds. The van der Waals surface area contributed by atoms with Crippen LogP contribution in [0.5, 0.6) is 11.5 Å². The zero-order chi connectivity index (χ0) is 19.6. The Morgan fingerprint density at radius 3 is 2.08 bits per heavy atom. The Labute approximate surface area is 155 Å². The largest absolute Gasteiger partial charge is 0.493 e. The van der Waals surface area contributed by atoms with Gasteiger partial charge in [-0.15, -0.1) is 0 Å². The first-order valence-corrected chi connectivity index (χ1v) is 10.0. The summed E-state index contributed by atoms with van der Waals surface area (Å²) >= 11 is 0. The number of likely N-dealkylation sites (N-methyl/N-ethyl adjacent to an activating group) is 1. The monoisotopic (exact) mass is 382 g/mol. The van der Waals surface area contributed by atoms with Crippen molar-refractivity contribution in [1.29, 1.82) is 0 Å². The zero-order valence-electron chi connectivity index (χ0n) is 16.1. The first-order valence-electron chi connectivity index (χ1n) is 8.57. The summed E-state index contributed by atoms with van der Waals surface area (Å²) in [6, 6.07) is 3.35. The van der Waals surface area contributed by atoms with Gasteiger partial charge in [0.1, 0.15) is 0 Å². The first-order chi connectivity index (χ1) is 12.3. The average molecular weight is 382 g/mol. The van der Waals surface area contributed by atoms with Gasteiger partial charge in [-0.1, -0.05) is 0 Å². The Morgan fingerprint density at radius 1 is 1.08 bits per heavy atom. The molecule has 0 aliphatic carbocycles. The maximum atomic E-state index is 13.2. The van der Waals surface area contributed by atoms with Crippen LogP contribution in [0.1, 0.15) is 33.3 Å². The highest BCUT2D eigenvalue weighted by Crippen LogP contribution is 2.45. The maximum Gasteiger partial charge on any atom is 0.270 e. The molecule has 144 valence electrons. The summed E-state index contributed by atoms with van der Waals surface area (Å²) in [5.74, 6) is 0.438. The first kappa shape index (κ1) is 20.1. The highest BCUT2D eigenvalue weighted by Gasteiger charge is 2.40. The lowest BCUT2D eigenvalue weighted by Gasteiger charge is -2.33. The zero-order valence-corrected chi connectivity index (χ0v) is 16.9. The third kappa shape index (κ3) is 3.02. The summed E-state index contributed by atoms with van der Waals surface area (Å²) in [4.78, 5) is 14.3. The smallest absolute Gasteiger partial charge is 0.270 e. The maximum absolute atomic E-state index is 13.2. The predicted octanol–water partition coefficient (Wildman–Crippen LogP) is 2.47. The van der Waals surface area contributed by atoms with Crippen LogP contribution in [0.4, 0.5) is 5.69 Å². The van der Waals surface area contributed by atoms with Crippen molar-refractivity contribution >= 4 is 27.2 Å². The molecule has 1 aromatic rings. The molecule has 0 aromatic heterocycles. The lowest BCUT2D eigenvalue weighted by Crippen LogP contribution is -2.42. The van der Waals surface area contributed by atoms with E-state index in [0.29, 0.717) is 41.4 Å². The van der Waals surface area contributed by atoms with Crippen molar-refractivity contribution in [1.82, 2.24) is 4.90 Å². The van der Waals surface area contributed by atoms with Crippen molar-refractivity contribution < 1.29 is 22.7 Å². The number of anilines is 1. The number of sulfonamides is 1. The second-order valence-corrected chi connectivity index (χ2v) is 7.62. The SMILES string of the molecule is CCN(CC)C(=O)C1=C(C)c2cc(OC)c(OC)cc2N(CC)S1(=O)=O. The minimum Gasteiger partial charge on any atom is -0.493 e. The molecule has 2 rings (SSSR count). The summed E-state index contributed by atoms with van der Waals surface area (Å²) < 4.78 is 38.3. The Bertz CT molecular complexity index is 841. The highest BCUT2D eigenvalue weighted by molar-refractivity contribution is 7.97. The second-order valence-electron chi connectivity index (χ2n) is 5.83. The fraction of sp³-hybridized carbons (Fsp3) is 0.500. The van der Waals surface area contributed by atoms with Gasteiger partial charge in [0, 0.05) is 31.3 Å². The molecule has 1 aromatic carbocycles. The number of fused-ring (bicyclic) bond motifs is 1. The molecule has 0 saturated carbocycles. The van der Waals surface area contributed by atoms with E-state index < -0.39 is 15.9 Å². The molecule has 0 spiro atoms. The van der Waals surface area contributed by atoms with Crippen molar-refractivity contribution in [2.24, 2.45) is 0 Å². The van der Waals surface area contributed by atoms with Crippen molar-refractivity contribution in [2.45, 2.75) is 27.7 Å².